The first-order chi connectivity index (χ1) is 14.0. The fourth-order valence-electron chi connectivity index (χ4n) is 2.68. The molecule has 3 nitrogen and oxygen atoms in total. The van der Waals surface area contributed by atoms with Gasteiger partial charge in [-0.15, -0.1) is 0 Å². The van der Waals surface area contributed by atoms with Crippen LogP contribution >= 0.6 is 23.2 Å². The lowest BCUT2D eigenvalue weighted by molar-refractivity contribution is 0.284. The highest BCUT2D eigenvalue weighted by Gasteiger charge is 2.10. The Morgan fingerprint density at radius 1 is 1.03 bits per heavy atom. The molecule has 0 saturated carbocycles. The molecule has 146 valence electrons. The van der Waals surface area contributed by atoms with Gasteiger partial charge in [0.25, 0.3) is 0 Å². The number of nitrogens with zero attached hydrogens (tertiary/aromatic N) is 1. The number of hydrogen-bond acceptors (Lipinski definition) is 3. The number of benzene rings is 3. The van der Waals surface area contributed by atoms with Crippen molar-refractivity contribution >= 4 is 34.9 Å². The summed E-state index contributed by atoms with van der Waals surface area (Å²) in [6.07, 6.45) is 1.71. The highest BCUT2D eigenvalue weighted by molar-refractivity contribution is 6.36. The van der Waals surface area contributed by atoms with Crippen LogP contribution in [0.5, 0.6) is 11.5 Å². The molecule has 0 aliphatic carbocycles. The first kappa shape index (κ1) is 20.7. The van der Waals surface area contributed by atoms with Crippen LogP contribution in [0.3, 0.4) is 0 Å². The van der Waals surface area contributed by atoms with Crippen LogP contribution < -0.4 is 9.47 Å². The summed E-state index contributed by atoms with van der Waals surface area (Å²) in [6, 6.07) is 18.6. The number of methoxy groups -OCH3 is 1. The van der Waals surface area contributed by atoms with Crippen LogP contribution in [0.25, 0.3) is 11.6 Å². The zero-order valence-corrected chi connectivity index (χ0v) is 17.0. The molecule has 3 rings (SSSR count). The summed E-state index contributed by atoms with van der Waals surface area (Å²) in [4.78, 5) is 0. The molecule has 0 atom stereocenters. The summed E-state index contributed by atoms with van der Waals surface area (Å²) in [5, 5.41) is 10.5. The molecule has 0 bridgehead atoms. The van der Waals surface area contributed by atoms with E-state index in [-0.39, 0.29) is 12.4 Å². The summed E-state index contributed by atoms with van der Waals surface area (Å²) in [5.74, 6) is 0.758. The second-order valence-corrected chi connectivity index (χ2v) is 6.96. The fraction of sp³-hybridized carbons (Fsp3) is 0.0870. The summed E-state index contributed by atoms with van der Waals surface area (Å²) in [5.41, 5.74) is 2.57. The van der Waals surface area contributed by atoms with Crippen molar-refractivity contribution in [2.75, 3.05) is 7.11 Å². The van der Waals surface area contributed by atoms with Crippen LogP contribution in [0.4, 0.5) is 4.39 Å². The van der Waals surface area contributed by atoms with E-state index in [0.29, 0.717) is 32.7 Å². The zero-order valence-electron chi connectivity index (χ0n) is 15.5. The highest BCUT2D eigenvalue weighted by atomic mass is 35.5. The molecular formula is C23H16Cl2FNO2. The third-order valence-electron chi connectivity index (χ3n) is 4.15. The minimum Gasteiger partial charge on any atom is -0.493 e. The molecule has 0 radical (unpaired) electrons. The first-order valence-corrected chi connectivity index (χ1v) is 9.38. The van der Waals surface area contributed by atoms with E-state index in [2.05, 4.69) is 6.07 Å². The number of hydrogen-bond donors (Lipinski definition) is 0. The molecule has 29 heavy (non-hydrogen) atoms. The van der Waals surface area contributed by atoms with Gasteiger partial charge < -0.3 is 9.47 Å². The minimum absolute atomic E-state index is 0.273. The standard InChI is InChI=1S/C23H16Cl2FNO2/c1-28-23-11-16(10-17(13-27)20-8-5-18(24)12-21(20)25)4-9-22(23)29-14-15-2-6-19(26)7-3-15/h2-12H,14H2,1H3/b17-10+. The average molecular weight is 428 g/mol. The third-order valence-corrected chi connectivity index (χ3v) is 4.70. The van der Waals surface area contributed by atoms with Gasteiger partial charge in [-0.05, 0) is 53.6 Å². The predicted molar refractivity (Wildman–Crippen MR) is 114 cm³/mol. The monoisotopic (exact) mass is 427 g/mol. The zero-order chi connectivity index (χ0) is 20.8. The molecule has 0 aromatic heterocycles. The summed E-state index contributed by atoms with van der Waals surface area (Å²) in [6.45, 7) is 0.273. The van der Waals surface area contributed by atoms with Crippen LogP contribution in [0.1, 0.15) is 16.7 Å². The average Bonchev–Trinajstić information content (AvgIpc) is 2.72. The van der Waals surface area contributed by atoms with E-state index in [4.69, 9.17) is 32.7 Å². The van der Waals surface area contributed by atoms with Crippen LogP contribution in [0.2, 0.25) is 10.0 Å². The highest BCUT2D eigenvalue weighted by Crippen LogP contribution is 2.32. The Morgan fingerprint density at radius 3 is 2.45 bits per heavy atom. The number of halogens is 3. The van der Waals surface area contributed by atoms with E-state index in [9.17, 15) is 9.65 Å². The molecular weight excluding hydrogens is 412 g/mol. The Kier molecular flexibility index (Phi) is 6.77. The van der Waals surface area contributed by atoms with Gasteiger partial charge in [-0.25, -0.2) is 4.39 Å². The van der Waals surface area contributed by atoms with Gasteiger partial charge in [-0.2, -0.15) is 5.26 Å². The van der Waals surface area contributed by atoms with Gasteiger partial charge in [0.05, 0.1) is 23.8 Å². The van der Waals surface area contributed by atoms with E-state index < -0.39 is 0 Å². The molecule has 3 aromatic rings. The van der Waals surface area contributed by atoms with E-state index in [1.54, 1.807) is 48.5 Å². The van der Waals surface area contributed by atoms with E-state index >= 15 is 0 Å². The van der Waals surface area contributed by atoms with Crippen molar-refractivity contribution in [2.45, 2.75) is 6.61 Å². The molecule has 0 N–H and O–H groups in total. The van der Waals surface area contributed by atoms with Gasteiger partial charge in [0, 0.05) is 10.6 Å². The van der Waals surface area contributed by atoms with Gasteiger partial charge in [0.15, 0.2) is 11.5 Å². The van der Waals surface area contributed by atoms with Gasteiger partial charge in [-0.1, -0.05) is 47.5 Å². The molecule has 0 aliphatic heterocycles. The van der Waals surface area contributed by atoms with Crippen LogP contribution in [0.15, 0.2) is 60.7 Å². The van der Waals surface area contributed by atoms with E-state index in [1.807, 2.05) is 6.07 Å². The Balaban J connectivity index is 1.84. The molecule has 0 spiro atoms. The number of nitriles is 1. The number of allylic oxidation sites excluding steroid dienone is 1. The van der Waals surface area contributed by atoms with Crippen molar-refractivity contribution in [3.8, 4) is 17.6 Å². The smallest absolute Gasteiger partial charge is 0.161 e. The second kappa shape index (κ2) is 9.47. The molecule has 0 heterocycles. The van der Waals surface area contributed by atoms with E-state index in [0.717, 1.165) is 11.1 Å². The van der Waals surface area contributed by atoms with Crippen molar-refractivity contribution in [2.24, 2.45) is 0 Å². The number of ether oxygens (including phenoxy) is 2. The third kappa shape index (κ3) is 5.29. The van der Waals surface area contributed by atoms with Crippen LogP contribution in [-0.2, 0) is 6.61 Å². The lowest BCUT2D eigenvalue weighted by atomic mass is 10.0. The Labute approximate surface area is 178 Å². The molecule has 0 unspecified atom stereocenters. The molecule has 0 aliphatic rings. The quantitative estimate of drug-likeness (QED) is 0.321. The second-order valence-electron chi connectivity index (χ2n) is 6.12. The molecule has 3 aromatic carbocycles. The lowest BCUT2D eigenvalue weighted by Crippen LogP contribution is -1.98. The van der Waals surface area contributed by atoms with Crippen molar-refractivity contribution in [1.29, 1.82) is 5.26 Å². The lowest BCUT2D eigenvalue weighted by Gasteiger charge is -2.12. The summed E-state index contributed by atoms with van der Waals surface area (Å²) >= 11 is 12.1. The maximum Gasteiger partial charge on any atom is 0.161 e. The molecule has 0 amide bonds. The normalized spacial score (nSPS) is 11.1. The van der Waals surface area contributed by atoms with Crippen molar-refractivity contribution in [1.82, 2.24) is 0 Å². The number of rotatable bonds is 6. The van der Waals surface area contributed by atoms with Crippen LogP contribution in [0, 0.1) is 17.1 Å². The summed E-state index contributed by atoms with van der Waals surface area (Å²) < 4.78 is 24.2. The Hall–Kier alpha value is -3.00. The molecule has 6 heteroatoms. The predicted octanol–water partition coefficient (Wildman–Crippen LogP) is 6.78. The van der Waals surface area contributed by atoms with Gasteiger partial charge >= 0.3 is 0 Å². The van der Waals surface area contributed by atoms with Crippen molar-refractivity contribution in [3.63, 3.8) is 0 Å². The topological polar surface area (TPSA) is 42.2 Å². The van der Waals surface area contributed by atoms with Crippen molar-refractivity contribution < 1.29 is 13.9 Å². The first-order valence-electron chi connectivity index (χ1n) is 8.62. The molecule has 0 fully saturated rings. The Bertz CT molecular complexity index is 1090. The maximum atomic E-state index is 13.0. The summed E-state index contributed by atoms with van der Waals surface area (Å²) in [7, 11) is 1.54. The SMILES string of the molecule is COc1cc(/C=C(\C#N)c2ccc(Cl)cc2Cl)ccc1OCc1ccc(F)cc1. The van der Waals surface area contributed by atoms with Gasteiger partial charge in [0.1, 0.15) is 12.4 Å². The van der Waals surface area contributed by atoms with E-state index in [1.165, 1.54) is 19.2 Å². The van der Waals surface area contributed by atoms with Crippen LogP contribution in [-0.4, -0.2) is 7.11 Å². The maximum absolute atomic E-state index is 13.0. The minimum atomic E-state index is -0.295. The van der Waals surface area contributed by atoms with Gasteiger partial charge in [-0.3, -0.25) is 0 Å². The largest absolute Gasteiger partial charge is 0.493 e. The molecule has 0 saturated heterocycles. The van der Waals surface area contributed by atoms with Crippen molar-refractivity contribution in [3.05, 3.63) is 93.2 Å². The van der Waals surface area contributed by atoms with Gasteiger partial charge in [0.2, 0.25) is 0 Å². The fourth-order valence-corrected chi connectivity index (χ4v) is 3.19. The Morgan fingerprint density at radius 2 is 1.79 bits per heavy atom.